The van der Waals surface area contributed by atoms with Gasteiger partial charge in [0.05, 0.1) is 11.4 Å². The second kappa shape index (κ2) is 9.07. The minimum Gasteiger partial charge on any atom is -0.354 e. The fraction of sp³-hybridized carbons (Fsp3) is 0.273. The number of aromatic nitrogens is 5. The average molecular weight is 453 g/mol. The number of carbonyl (C=O) groups is 1. The van der Waals surface area contributed by atoms with Crippen LogP contribution in [-0.4, -0.2) is 36.0 Å². The Morgan fingerprint density at radius 1 is 1.16 bits per heavy atom. The molecule has 0 unspecified atom stereocenters. The molecule has 0 fully saturated rings. The van der Waals surface area contributed by atoms with Crippen molar-refractivity contribution in [2.75, 3.05) is 11.1 Å². The molecule has 0 saturated heterocycles. The van der Waals surface area contributed by atoms with Gasteiger partial charge in [-0.15, -0.1) is 21.5 Å². The molecule has 3 aromatic heterocycles. The Labute approximate surface area is 189 Å². The van der Waals surface area contributed by atoms with Gasteiger partial charge in [0.2, 0.25) is 5.91 Å². The Morgan fingerprint density at radius 2 is 2.00 bits per heavy atom. The lowest BCUT2D eigenvalue weighted by molar-refractivity contribution is -0.113. The molecule has 1 N–H and O–H groups in total. The molecule has 0 aliphatic heterocycles. The molecule has 0 aliphatic carbocycles. The summed E-state index contributed by atoms with van der Waals surface area (Å²) >= 11 is 2.79. The van der Waals surface area contributed by atoms with Gasteiger partial charge < -0.3 is 14.5 Å². The average Bonchev–Trinajstić information content (AvgIpc) is 3.45. The third kappa shape index (κ3) is 4.88. The van der Waals surface area contributed by atoms with E-state index in [9.17, 15) is 4.79 Å². The van der Waals surface area contributed by atoms with Crippen LogP contribution in [0.5, 0.6) is 0 Å². The number of hydrogen-bond acceptors (Lipinski definition) is 6. The van der Waals surface area contributed by atoms with E-state index < -0.39 is 0 Å². The number of benzene rings is 1. The molecular formula is C22H24N6OS2. The van der Waals surface area contributed by atoms with Crippen LogP contribution < -0.4 is 5.32 Å². The number of aryl methyl sites for hydroxylation is 3. The smallest absolute Gasteiger partial charge is 0.236 e. The number of hydrogen-bond donors (Lipinski definition) is 1. The second-order valence-electron chi connectivity index (χ2n) is 7.42. The van der Waals surface area contributed by atoms with Gasteiger partial charge in [-0.1, -0.05) is 23.9 Å². The zero-order valence-corrected chi connectivity index (χ0v) is 19.5. The fourth-order valence-corrected chi connectivity index (χ4v) is 4.58. The van der Waals surface area contributed by atoms with Crippen molar-refractivity contribution in [2.45, 2.75) is 25.4 Å². The van der Waals surface area contributed by atoms with E-state index in [2.05, 4.69) is 63.2 Å². The molecule has 4 aromatic rings. The third-order valence-electron chi connectivity index (χ3n) is 5.20. The number of anilines is 1. The maximum absolute atomic E-state index is 12.4. The van der Waals surface area contributed by atoms with Gasteiger partial charge in [0, 0.05) is 43.4 Å². The van der Waals surface area contributed by atoms with Crippen LogP contribution in [0.1, 0.15) is 22.6 Å². The van der Waals surface area contributed by atoms with Crippen molar-refractivity contribution in [2.24, 2.45) is 14.1 Å². The number of rotatable bonds is 7. The lowest BCUT2D eigenvalue weighted by Gasteiger charge is -2.05. The van der Waals surface area contributed by atoms with E-state index in [0.717, 1.165) is 22.8 Å². The van der Waals surface area contributed by atoms with Gasteiger partial charge >= 0.3 is 0 Å². The molecule has 0 atom stereocenters. The molecule has 0 saturated carbocycles. The third-order valence-corrected chi connectivity index (χ3v) is 6.98. The topological polar surface area (TPSA) is 77.6 Å². The number of thiazole rings is 1. The van der Waals surface area contributed by atoms with E-state index in [1.165, 1.54) is 34.2 Å². The highest BCUT2D eigenvalue weighted by molar-refractivity contribution is 7.99. The molecule has 160 valence electrons. The highest BCUT2D eigenvalue weighted by Gasteiger charge is 2.14. The van der Waals surface area contributed by atoms with Crippen LogP contribution >= 0.6 is 23.1 Å². The maximum atomic E-state index is 12.4. The quantitative estimate of drug-likeness (QED) is 0.425. The van der Waals surface area contributed by atoms with Crippen molar-refractivity contribution < 1.29 is 4.79 Å². The Balaban J connectivity index is 1.34. The Kier molecular flexibility index (Phi) is 6.24. The van der Waals surface area contributed by atoms with Gasteiger partial charge in [-0.25, -0.2) is 4.98 Å². The minimum absolute atomic E-state index is 0.113. The van der Waals surface area contributed by atoms with E-state index in [1.807, 2.05) is 36.3 Å². The summed E-state index contributed by atoms with van der Waals surface area (Å²) in [5.41, 5.74) is 5.56. The molecular weight excluding hydrogens is 428 g/mol. The first kappa shape index (κ1) is 21.3. The standard InChI is InChI=1S/C22H24N6OS2/c1-14-7-8-16(10-15(14)2)18-12-30-21(23-18)24-20(29)13-31-22-26-25-19(28(22)4)11-17-6-5-9-27(17)3/h5-10,12H,11,13H2,1-4H3,(H,23,24,29). The molecule has 31 heavy (non-hydrogen) atoms. The zero-order valence-electron chi connectivity index (χ0n) is 17.9. The number of nitrogens with zero attached hydrogens (tertiary/aromatic N) is 5. The minimum atomic E-state index is -0.113. The van der Waals surface area contributed by atoms with E-state index in [0.29, 0.717) is 16.7 Å². The van der Waals surface area contributed by atoms with Crippen LogP contribution in [0, 0.1) is 13.8 Å². The highest BCUT2D eigenvalue weighted by atomic mass is 32.2. The SMILES string of the molecule is Cc1ccc(-c2csc(NC(=O)CSc3nnc(Cc4cccn4C)n3C)n2)cc1C. The largest absolute Gasteiger partial charge is 0.354 e. The van der Waals surface area contributed by atoms with E-state index in [-0.39, 0.29) is 11.7 Å². The predicted molar refractivity (Wildman–Crippen MR) is 126 cm³/mol. The summed E-state index contributed by atoms with van der Waals surface area (Å²) in [4.78, 5) is 17.0. The van der Waals surface area contributed by atoms with Crippen molar-refractivity contribution >= 4 is 34.1 Å². The number of carbonyl (C=O) groups excluding carboxylic acids is 1. The molecule has 7 nitrogen and oxygen atoms in total. The fourth-order valence-electron chi connectivity index (χ4n) is 3.12. The molecule has 1 amide bonds. The molecule has 0 spiro atoms. The van der Waals surface area contributed by atoms with Gasteiger partial charge in [0.15, 0.2) is 10.3 Å². The summed E-state index contributed by atoms with van der Waals surface area (Å²) in [7, 11) is 3.94. The molecule has 3 heterocycles. The lowest BCUT2D eigenvalue weighted by Crippen LogP contribution is -2.14. The monoisotopic (exact) mass is 452 g/mol. The van der Waals surface area contributed by atoms with Crippen LogP contribution in [-0.2, 0) is 25.3 Å². The summed E-state index contributed by atoms with van der Waals surface area (Å²) in [6, 6.07) is 10.3. The molecule has 4 rings (SSSR count). The van der Waals surface area contributed by atoms with Crippen molar-refractivity contribution in [1.29, 1.82) is 0 Å². The van der Waals surface area contributed by atoms with Gasteiger partial charge in [0.1, 0.15) is 5.82 Å². The first-order valence-electron chi connectivity index (χ1n) is 9.85. The first-order valence-corrected chi connectivity index (χ1v) is 11.7. The Hall–Kier alpha value is -2.91. The normalized spacial score (nSPS) is 11.1. The first-order chi connectivity index (χ1) is 14.9. The molecule has 0 bridgehead atoms. The number of amides is 1. The van der Waals surface area contributed by atoms with Crippen LogP contribution in [0.4, 0.5) is 5.13 Å². The zero-order chi connectivity index (χ0) is 22.0. The summed E-state index contributed by atoms with van der Waals surface area (Å²) in [6.07, 6.45) is 2.70. The summed E-state index contributed by atoms with van der Waals surface area (Å²) in [6.45, 7) is 4.17. The molecule has 1 aromatic carbocycles. The van der Waals surface area contributed by atoms with Crippen LogP contribution in [0.3, 0.4) is 0 Å². The number of thioether (sulfide) groups is 1. The van der Waals surface area contributed by atoms with Gasteiger partial charge in [0.25, 0.3) is 0 Å². The van der Waals surface area contributed by atoms with E-state index >= 15 is 0 Å². The second-order valence-corrected chi connectivity index (χ2v) is 9.22. The lowest BCUT2D eigenvalue weighted by atomic mass is 10.1. The van der Waals surface area contributed by atoms with Crippen LogP contribution in [0.25, 0.3) is 11.3 Å². The van der Waals surface area contributed by atoms with Crippen LogP contribution in [0.2, 0.25) is 0 Å². The van der Waals surface area contributed by atoms with Crippen molar-refractivity contribution in [3.63, 3.8) is 0 Å². The Bertz CT molecular complexity index is 1220. The molecule has 0 aliphatic rings. The Morgan fingerprint density at radius 3 is 2.74 bits per heavy atom. The van der Waals surface area contributed by atoms with Gasteiger partial charge in [-0.05, 0) is 43.2 Å². The van der Waals surface area contributed by atoms with Crippen molar-refractivity contribution in [3.8, 4) is 11.3 Å². The summed E-state index contributed by atoms with van der Waals surface area (Å²) in [5.74, 6) is 0.995. The predicted octanol–water partition coefficient (Wildman–Crippen LogP) is 4.22. The summed E-state index contributed by atoms with van der Waals surface area (Å²) < 4.78 is 4.00. The maximum Gasteiger partial charge on any atom is 0.236 e. The molecule has 0 radical (unpaired) electrons. The van der Waals surface area contributed by atoms with E-state index in [1.54, 1.807) is 0 Å². The highest BCUT2D eigenvalue weighted by Crippen LogP contribution is 2.27. The number of nitrogens with one attached hydrogen (secondary N) is 1. The van der Waals surface area contributed by atoms with Gasteiger partial charge in [-0.2, -0.15) is 0 Å². The van der Waals surface area contributed by atoms with Crippen LogP contribution in [0.15, 0.2) is 47.1 Å². The molecule has 9 heteroatoms. The van der Waals surface area contributed by atoms with Crippen molar-refractivity contribution in [1.82, 2.24) is 24.3 Å². The van der Waals surface area contributed by atoms with Crippen molar-refractivity contribution in [3.05, 3.63) is 64.6 Å². The summed E-state index contributed by atoms with van der Waals surface area (Å²) in [5, 5.41) is 14.7. The van der Waals surface area contributed by atoms with E-state index in [4.69, 9.17) is 0 Å². The van der Waals surface area contributed by atoms with Gasteiger partial charge in [-0.3, -0.25) is 4.79 Å².